The average Bonchev–Trinajstić information content (AvgIpc) is 2.87. The van der Waals surface area contributed by atoms with E-state index in [0.29, 0.717) is 16.3 Å². The molecule has 0 radical (unpaired) electrons. The summed E-state index contributed by atoms with van der Waals surface area (Å²) in [5, 5.41) is 7.22. The standard InChI is InChI=1S/C14H13N3O3S/c1-8(18)9-2-4-10(5-3-9)16-14(20)17-13-11(12(15)19)6-7-21-13/h2-7H,1H3,(H2,15,19)(H2,16,17,20). The Morgan fingerprint density at radius 2 is 1.71 bits per heavy atom. The minimum atomic E-state index is -0.600. The Morgan fingerprint density at radius 1 is 1.05 bits per heavy atom. The highest BCUT2D eigenvalue weighted by Gasteiger charge is 2.12. The molecular weight excluding hydrogens is 290 g/mol. The predicted molar refractivity (Wildman–Crippen MR) is 81.9 cm³/mol. The van der Waals surface area contributed by atoms with Crippen molar-refractivity contribution in [1.82, 2.24) is 0 Å². The van der Waals surface area contributed by atoms with E-state index in [9.17, 15) is 14.4 Å². The van der Waals surface area contributed by atoms with Crippen LogP contribution in [0.1, 0.15) is 27.6 Å². The molecule has 0 unspecified atom stereocenters. The number of nitrogens with one attached hydrogen (secondary N) is 2. The van der Waals surface area contributed by atoms with Crippen LogP contribution in [0.25, 0.3) is 0 Å². The zero-order valence-electron chi connectivity index (χ0n) is 11.2. The highest BCUT2D eigenvalue weighted by molar-refractivity contribution is 7.14. The van der Waals surface area contributed by atoms with Crippen LogP contribution in [-0.4, -0.2) is 17.7 Å². The lowest BCUT2D eigenvalue weighted by atomic mass is 10.1. The van der Waals surface area contributed by atoms with Gasteiger partial charge >= 0.3 is 6.03 Å². The van der Waals surface area contributed by atoms with Crippen LogP contribution in [0.4, 0.5) is 15.5 Å². The Morgan fingerprint density at radius 3 is 2.29 bits per heavy atom. The molecule has 2 rings (SSSR count). The number of nitrogens with two attached hydrogens (primary N) is 1. The van der Waals surface area contributed by atoms with Gasteiger partial charge in [0.2, 0.25) is 0 Å². The van der Waals surface area contributed by atoms with Crippen molar-refractivity contribution in [3.8, 4) is 0 Å². The molecule has 6 nitrogen and oxygen atoms in total. The number of rotatable bonds is 4. The first kappa shape index (κ1) is 14.7. The minimum absolute atomic E-state index is 0.0457. The third-order valence-corrected chi connectivity index (χ3v) is 3.54. The summed E-state index contributed by atoms with van der Waals surface area (Å²) in [6, 6.07) is 7.55. The van der Waals surface area contributed by atoms with E-state index < -0.39 is 11.9 Å². The van der Waals surface area contributed by atoms with Gasteiger partial charge in [-0.1, -0.05) is 0 Å². The largest absolute Gasteiger partial charge is 0.366 e. The van der Waals surface area contributed by atoms with Crippen molar-refractivity contribution in [3.63, 3.8) is 0 Å². The molecule has 2 aromatic rings. The molecule has 0 aliphatic heterocycles. The Kier molecular flexibility index (Phi) is 4.34. The van der Waals surface area contributed by atoms with Crippen molar-refractivity contribution in [1.29, 1.82) is 0 Å². The van der Waals surface area contributed by atoms with Gasteiger partial charge in [0.15, 0.2) is 5.78 Å². The second-order valence-electron chi connectivity index (χ2n) is 4.24. The molecule has 0 saturated heterocycles. The van der Waals surface area contributed by atoms with Gasteiger partial charge in [-0.15, -0.1) is 11.3 Å². The van der Waals surface area contributed by atoms with Crippen molar-refractivity contribution in [2.24, 2.45) is 5.73 Å². The zero-order valence-corrected chi connectivity index (χ0v) is 12.0. The van der Waals surface area contributed by atoms with E-state index in [2.05, 4.69) is 10.6 Å². The molecule has 1 aromatic carbocycles. The SMILES string of the molecule is CC(=O)c1ccc(NC(=O)Nc2sccc2C(N)=O)cc1. The van der Waals surface area contributed by atoms with Crippen molar-refractivity contribution in [2.75, 3.05) is 10.6 Å². The number of primary amides is 1. The molecule has 0 aliphatic carbocycles. The molecule has 108 valence electrons. The van der Waals surface area contributed by atoms with E-state index in [1.54, 1.807) is 35.7 Å². The monoisotopic (exact) mass is 303 g/mol. The fraction of sp³-hybridized carbons (Fsp3) is 0.0714. The Hall–Kier alpha value is -2.67. The van der Waals surface area contributed by atoms with Crippen LogP contribution in [0, 0.1) is 0 Å². The summed E-state index contributed by atoms with van der Waals surface area (Å²) >= 11 is 1.21. The zero-order chi connectivity index (χ0) is 15.4. The summed E-state index contributed by atoms with van der Waals surface area (Å²) in [6.45, 7) is 1.47. The smallest absolute Gasteiger partial charge is 0.324 e. The molecule has 7 heteroatoms. The molecule has 4 N–H and O–H groups in total. The fourth-order valence-electron chi connectivity index (χ4n) is 1.65. The van der Waals surface area contributed by atoms with Gasteiger partial charge in [0.1, 0.15) is 5.00 Å². The van der Waals surface area contributed by atoms with Gasteiger partial charge in [-0.05, 0) is 42.6 Å². The molecule has 0 spiro atoms. The van der Waals surface area contributed by atoms with Crippen molar-refractivity contribution in [2.45, 2.75) is 6.92 Å². The number of hydrogen-bond acceptors (Lipinski definition) is 4. The maximum absolute atomic E-state index is 11.8. The number of thiophene rings is 1. The lowest BCUT2D eigenvalue weighted by Crippen LogP contribution is -2.21. The average molecular weight is 303 g/mol. The predicted octanol–water partition coefficient (Wildman–Crippen LogP) is 2.69. The van der Waals surface area contributed by atoms with Crippen molar-refractivity contribution in [3.05, 3.63) is 46.8 Å². The highest BCUT2D eigenvalue weighted by Crippen LogP contribution is 2.22. The fourth-order valence-corrected chi connectivity index (χ4v) is 2.44. The number of amides is 3. The third kappa shape index (κ3) is 3.67. The highest BCUT2D eigenvalue weighted by atomic mass is 32.1. The number of carbonyl (C=O) groups excluding carboxylic acids is 3. The van der Waals surface area contributed by atoms with E-state index in [0.717, 1.165) is 0 Å². The number of anilines is 2. The molecule has 3 amide bonds. The summed E-state index contributed by atoms with van der Waals surface area (Å²) in [6.07, 6.45) is 0. The van der Waals surface area contributed by atoms with E-state index in [1.165, 1.54) is 18.3 Å². The van der Waals surface area contributed by atoms with Crippen LogP contribution in [0.2, 0.25) is 0 Å². The van der Waals surface area contributed by atoms with E-state index >= 15 is 0 Å². The van der Waals surface area contributed by atoms with Gasteiger partial charge in [0.25, 0.3) is 5.91 Å². The van der Waals surface area contributed by atoms with Gasteiger partial charge < -0.3 is 11.1 Å². The molecular formula is C14H13N3O3S. The number of carbonyl (C=O) groups is 3. The summed E-state index contributed by atoms with van der Waals surface area (Å²) in [5.41, 5.74) is 6.56. The lowest BCUT2D eigenvalue weighted by molar-refractivity contribution is 0.0997. The van der Waals surface area contributed by atoms with Crippen LogP contribution in [0.15, 0.2) is 35.7 Å². The van der Waals surface area contributed by atoms with Gasteiger partial charge in [0.05, 0.1) is 5.56 Å². The Labute approximate surface area is 125 Å². The number of Topliss-reactive ketones (excluding diaryl/α,β-unsaturated/α-hetero) is 1. The first-order chi connectivity index (χ1) is 9.97. The minimum Gasteiger partial charge on any atom is -0.366 e. The van der Waals surface area contributed by atoms with Crippen molar-refractivity contribution >= 4 is 39.7 Å². The van der Waals surface area contributed by atoms with Crippen LogP contribution in [-0.2, 0) is 0 Å². The van der Waals surface area contributed by atoms with Gasteiger partial charge in [-0.2, -0.15) is 0 Å². The van der Waals surface area contributed by atoms with Gasteiger partial charge in [0, 0.05) is 11.3 Å². The van der Waals surface area contributed by atoms with Crippen LogP contribution in [0.5, 0.6) is 0 Å². The topological polar surface area (TPSA) is 101 Å². The first-order valence-corrected chi connectivity index (χ1v) is 6.91. The lowest BCUT2D eigenvalue weighted by Gasteiger charge is -2.07. The maximum atomic E-state index is 11.8. The van der Waals surface area contributed by atoms with E-state index in [-0.39, 0.29) is 11.3 Å². The molecule has 0 aliphatic rings. The molecule has 21 heavy (non-hydrogen) atoms. The van der Waals surface area contributed by atoms with E-state index in [1.807, 2.05) is 0 Å². The second kappa shape index (κ2) is 6.19. The number of ketones is 1. The number of hydrogen-bond donors (Lipinski definition) is 3. The maximum Gasteiger partial charge on any atom is 0.324 e. The molecule has 1 heterocycles. The summed E-state index contributed by atoms with van der Waals surface area (Å²) in [4.78, 5) is 34.1. The molecule has 0 atom stereocenters. The van der Waals surface area contributed by atoms with Crippen LogP contribution in [0.3, 0.4) is 0 Å². The van der Waals surface area contributed by atoms with Crippen LogP contribution >= 0.6 is 11.3 Å². The second-order valence-corrected chi connectivity index (χ2v) is 5.16. The molecule has 0 saturated carbocycles. The summed E-state index contributed by atoms with van der Waals surface area (Å²) < 4.78 is 0. The Bertz CT molecular complexity index is 692. The quantitative estimate of drug-likeness (QED) is 0.757. The van der Waals surface area contributed by atoms with Gasteiger partial charge in [-0.25, -0.2) is 4.79 Å². The van der Waals surface area contributed by atoms with Crippen LogP contribution < -0.4 is 16.4 Å². The summed E-state index contributed by atoms with van der Waals surface area (Å²) in [5.74, 6) is -0.645. The van der Waals surface area contributed by atoms with Gasteiger partial charge in [-0.3, -0.25) is 14.9 Å². The molecule has 0 fully saturated rings. The molecule has 1 aromatic heterocycles. The molecule has 0 bridgehead atoms. The normalized spacial score (nSPS) is 9.95. The Balaban J connectivity index is 2.03. The summed E-state index contributed by atoms with van der Waals surface area (Å²) in [7, 11) is 0. The third-order valence-electron chi connectivity index (χ3n) is 2.71. The first-order valence-electron chi connectivity index (χ1n) is 6.03. The number of benzene rings is 1. The van der Waals surface area contributed by atoms with Crippen molar-refractivity contribution < 1.29 is 14.4 Å². The van der Waals surface area contributed by atoms with E-state index in [4.69, 9.17) is 5.73 Å². The number of urea groups is 1.